The number of halogens is 3. The van der Waals surface area contributed by atoms with E-state index in [0.29, 0.717) is 35.3 Å². The van der Waals surface area contributed by atoms with E-state index in [1.165, 1.54) is 18.1 Å². The molecule has 5 rings (SSSR count). The maximum Gasteiger partial charge on any atom is 0.397 e. The number of ketones is 1. The predicted molar refractivity (Wildman–Crippen MR) is 272 cm³/mol. The van der Waals surface area contributed by atoms with Crippen molar-refractivity contribution in [3.05, 3.63) is 124 Å². The Morgan fingerprint density at radius 2 is 1.29 bits per heavy atom. The van der Waals surface area contributed by atoms with Gasteiger partial charge in [-0.15, -0.1) is 0 Å². The lowest BCUT2D eigenvalue weighted by molar-refractivity contribution is -0.448. The predicted octanol–water partition coefficient (Wildman–Crippen LogP) is 14.4. The molecule has 2 atom stereocenters. The van der Waals surface area contributed by atoms with Crippen LogP contribution in [0.15, 0.2) is 108 Å². The van der Waals surface area contributed by atoms with E-state index in [4.69, 9.17) is 0 Å². The van der Waals surface area contributed by atoms with Gasteiger partial charge in [0.1, 0.15) is 12.2 Å². The Bertz CT molecular complexity index is 2370. The van der Waals surface area contributed by atoms with Crippen molar-refractivity contribution in [2.75, 3.05) is 23.3 Å². The first-order chi connectivity index (χ1) is 32.6. The Hall–Kier alpha value is -5.71. The van der Waals surface area contributed by atoms with Crippen LogP contribution in [0.5, 0.6) is 0 Å². The summed E-state index contributed by atoms with van der Waals surface area (Å²) in [6.07, 6.45) is 13.0. The summed E-state index contributed by atoms with van der Waals surface area (Å²) in [5.41, 5.74) is 6.28. The number of anilines is 3. The van der Waals surface area contributed by atoms with E-state index >= 15 is 0 Å². The minimum Gasteiger partial charge on any atom is -0.506 e. The summed E-state index contributed by atoms with van der Waals surface area (Å²) >= 11 is 0. The van der Waals surface area contributed by atoms with Crippen LogP contribution in [0.3, 0.4) is 0 Å². The van der Waals surface area contributed by atoms with Crippen molar-refractivity contribution in [1.29, 1.82) is 0 Å². The van der Waals surface area contributed by atoms with E-state index in [-0.39, 0.29) is 34.1 Å². The molecule has 0 aromatic heterocycles. The van der Waals surface area contributed by atoms with Gasteiger partial charge in [0.15, 0.2) is 6.54 Å². The van der Waals surface area contributed by atoms with Crippen LogP contribution in [0, 0.1) is 11.8 Å². The number of allylic oxidation sites excluding steroid dienone is 5. The number of rotatable bonds is 25. The summed E-state index contributed by atoms with van der Waals surface area (Å²) in [6.45, 7) is 15.7. The van der Waals surface area contributed by atoms with Gasteiger partial charge in [0, 0.05) is 66.2 Å². The van der Waals surface area contributed by atoms with Gasteiger partial charge in [-0.1, -0.05) is 111 Å². The van der Waals surface area contributed by atoms with Gasteiger partial charge in [-0.25, -0.2) is 0 Å². The third kappa shape index (κ3) is 14.4. The van der Waals surface area contributed by atoms with Crippen molar-refractivity contribution in [1.82, 2.24) is 5.32 Å². The van der Waals surface area contributed by atoms with E-state index in [1.54, 1.807) is 24.3 Å². The van der Waals surface area contributed by atoms with Gasteiger partial charge in [0.05, 0.1) is 22.5 Å². The second kappa shape index (κ2) is 25.6. The first-order valence-corrected chi connectivity index (χ1v) is 25.2. The molecule has 3 aromatic rings. The summed E-state index contributed by atoms with van der Waals surface area (Å²) < 4.78 is 43.0. The summed E-state index contributed by atoms with van der Waals surface area (Å²) in [5.74, 6) is -1.93. The molecule has 0 bridgehead atoms. The number of benzene rings is 3. The zero-order chi connectivity index (χ0) is 49.4. The van der Waals surface area contributed by atoms with Crippen LogP contribution in [-0.4, -0.2) is 52.3 Å². The number of unbranched alkanes of at least 4 members (excludes halogenated alkanes) is 4. The number of alkyl halides is 3. The second-order valence-electron chi connectivity index (χ2n) is 18.5. The Morgan fingerprint density at radius 3 is 1.84 bits per heavy atom. The third-order valence-electron chi connectivity index (χ3n) is 13.1. The van der Waals surface area contributed by atoms with Crippen LogP contribution < -0.4 is 15.5 Å². The molecule has 3 N–H and O–H groups in total. The van der Waals surface area contributed by atoms with Crippen molar-refractivity contribution in [3.8, 4) is 0 Å². The molecule has 0 saturated carbocycles. The lowest BCUT2D eigenvalue weighted by Gasteiger charge is -2.31. The number of amides is 2. The molecule has 68 heavy (non-hydrogen) atoms. The summed E-state index contributed by atoms with van der Waals surface area (Å²) in [6, 6.07) is 22.3. The fourth-order valence-corrected chi connectivity index (χ4v) is 9.03. The number of hydrogen-bond acceptors (Lipinski definition) is 5. The monoisotopic (exact) mass is 936 g/mol. The SMILES string of the molecule is CCCCc1ccc(N(CC(CC)CCCC)c2ccc(C3=C(O)C(=C4C=CC(=[N+](CC(CC)CCCC)c5ccc(CCCC)cc5)C=C4NC(=O)CC(F)(F)F)C3=O)c(NC(C)=O)c2)cc1. The molecule has 8 nitrogen and oxygen atoms in total. The molecular formula is C57H74F3N4O4+. The number of carbonyl (C=O) groups excluding carboxylic acids is 3. The van der Waals surface area contributed by atoms with Gasteiger partial charge in [-0.3, -0.25) is 14.4 Å². The van der Waals surface area contributed by atoms with Gasteiger partial charge < -0.3 is 20.6 Å². The topological polar surface area (TPSA) is 102 Å². The summed E-state index contributed by atoms with van der Waals surface area (Å²) in [4.78, 5) is 42.5. The van der Waals surface area contributed by atoms with Crippen LogP contribution in [0.2, 0.25) is 0 Å². The highest BCUT2D eigenvalue weighted by molar-refractivity contribution is 6.40. The molecular weight excluding hydrogens is 862 g/mol. The van der Waals surface area contributed by atoms with E-state index in [2.05, 4.69) is 98.0 Å². The maximum absolute atomic E-state index is 14.5. The molecule has 0 heterocycles. The Balaban J connectivity index is 1.63. The van der Waals surface area contributed by atoms with Gasteiger partial charge in [0.25, 0.3) is 0 Å². The van der Waals surface area contributed by atoms with Gasteiger partial charge in [-0.2, -0.15) is 17.7 Å². The lowest BCUT2D eigenvalue weighted by atomic mass is 9.78. The number of nitrogens with one attached hydrogen (secondary N) is 2. The molecule has 0 radical (unpaired) electrons. The van der Waals surface area contributed by atoms with Crippen molar-refractivity contribution >= 4 is 51.6 Å². The second-order valence-corrected chi connectivity index (χ2v) is 18.5. The summed E-state index contributed by atoms with van der Waals surface area (Å²) in [5, 5.41) is 17.3. The highest BCUT2D eigenvalue weighted by Gasteiger charge is 2.40. The minimum atomic E-state index is -4.78. The highest BCUT2D eigenvalue weighted by atomic mass is 19.4. The van der Waals surface area contributed by atoms with E-state index in [1.807, 2.05) is 24.3 Å². The van der Waals surface area contributed by atoms with Gasteiger partial charge in [-0.05, 0) is 98.4 Å². The number of carbonyl (C=O) groups is 3. The average molecular weight is 936 g/mol. The van der Waals surface area contributed by atoms with Crippen molar-refractivity contribution < 1.29 is 37.2 Å². The van der Waals surface area contributed by atoms with E-state index in [9.17, 15) is 32.7 Å². The number of nitrogens with zero attached hydrogens (tertiary/aromatic N) is 2. The molecule has 2 amide bonds. The summed E-state index contributed by atoms with van der Waals surface area (Å²) in [7, 11) is 0. The number of aliphatic hydroxyl groups is 1. The molecule has 11 heteroatoms. The average Bonchev–Trinajstić information content (AvgIpc) is 3.31. The molecule has 0 spiro atoms. The van der Waals surface area contributed by atoms with E-state index in [0.717, 1.165) is 113 Å². The molecule has 0 saturated heterocycles. The Morgan fingerprint density at radius 1 is 0.721 bits per heavy atom. The standard InChI is InChI=1S/C57H73F3N4O4/c1-8-14-18-40(12-5)37-63(44-26-22-42(23-27-44)20-16-10-3)46-30-32-48(50(34-46)61-39(7)65)53-55(67)54(56(53)68)49-33-31-47(35-51(49)62-52(66)36-57(58,59)60)64(38-41(13-6)19-15-9-2)45-28-24-43(25-29-45)21-17-11-4/h22-35,40-41H,8-21,36-38H2,1-7H3,(H2,61,62,65,66,67,68)/p+1. The van der Waals surface area contributed by atoms with E-state index < -0.39 is 24.3 Å². The zero-order valence-corrected chi connectivity index (χ0v) is 41.5. The normalized spacial score (nSPS) is 16.6. The minimum absolute atomic E-state index is 0.0285. The molecule has 0 fully saturated rings. The first kappa shape index (κ1) is 53.2. The third-order valence-corrected chi connectivity index (χ3v) is 13.1. The largest absolute Gasteiger partial charge is 0.506 e. The van der Waals surface area contributed by atoms with Crippen molar-refractivity contribution in [3.63, 3.8) is 0 Å². The molecule has 2 aliphatic carbocycles. The number of aryl methyl sites for hydroxylation is 2. The fraction of sp³-hybridized carbons (Fsp3) is 0.474. The Labute approximate surface area is 403 Å². The smallest absolute Gasteiger partial charge is 0.397 e. The van der Waals surface area contributed by atoms with Gasteiger partial charge in [0.2, 0.25) is 29.0 Å². The van der Waals surface area contributed by atoms with Gasteiger partial charge >= 0.3 is 6.18 Å². The molecule has 2 unspecified atom stereocenters. The molecule has 0 aliphatic heterocycles. The van der Waals surface area contributed by atoms with Crippen LogP contribution in [-0.2, 0) is 27.2 Å². The maximum atomic E-state index is 14.5. The van der Waals surface area contributed by atoms with Crippen LogP contribution in [0.1, 0.15) is 149 Å². The molecule has 3 aromatic carbocycles. The number of Topliss-reactive ketones (excluding diaryl/α,β-unsaturated/α-hetero) is 1. The number of hydrogen-bond donors (Lipinski definition) is 3. The first-order valence-electron chi connectivity index (χ1n) is 25.2. The van der Waals surface area contributed by atoms with Crippen molar-refractivity contribution in [2.24, 2.45) is 11.8 Å². The molecule has 366 valence electrons. The zero-order valence-electron chi connectivity index (χ0n) is 41.5. The lowest BCUT2D eigenvalue weighted by Crippen LogP contribution is -2.33. The molecule has 2 aliphatic rings. The Kier molecular flexibility index (Phi) is 20.0. The van der Waals surface area contributed by atoms with Crippen LogP contribution in [0.25, 0.3) is 5.57 Å². The fourth-order valence-electron chi connectivity index (χ4n) is 9.03. The van der Waals surface area contributed by atoms with Crippen molar-refractivity contribution in [2.45, 2.75) is 151 Å². The van der Waals surface area contributed by atoms with Crippen LogP contribution in [0.4, 0.5) is 35.9 Å². The van der Waals surface area contributed by atoms with Crippen LogP contribution >= 0.6 is 0 Å². The number of aliphatic hydroxyl groups excluding tert-OH is 1. The highest BCUT2D eigenvalue weighted by Crippen LogP contribution is 2.44. The quantitative estimate of drug-likeness (QED) is 0.0580.